The Balaban J connectivity index is 2.07. The lowest BCUT2D eigenvalue weighted by molar-refractivity contribution is -0.129. The minimum Gasteiger partial charge on any atom is -0.346 e. The zero-order valence-electron chi connectivity index (χ0n) is 11.8. The minimum atomic E-state index is -0.154. The van der Waals surface area contributed by atoms with E-state index in [4.69, 9.17) is 0 Å². The monoisotopic (exact) mass is 275 g/mol. The van der Waals surface area contributed by atoms with E-state index in [1.54, 1.807) is 7.05 Å². The molecule has 0 aliphatic carbocycles. The summed E-state index contributed by atoms with van der Waals surface area (Å²) in [6.45, 7) is 1.60. The molecule has 1 unspecified atom stereocenters. The van der Waals surface area contributed by atoms with Crippen LogP contribution in [0.15, 0.2) is 30.3 Å². The number of carbonyl (C=O) groups is 2. The van der Waals surface area contributed by atoms with Gasteiger partial charge in [-0.1, -0.05) is 30.3 Å². The second kappa shape index (κ2) is 7.05. The van der Waals surface area contributed by atoms with Crippen LogP contribution in [0.25, 0.3) is 0 Å². The quantitative estimate of drug-likeness (QED) is 0.803. The first-order chi connectivity index (χ1) is 9.70. The molecule has 108 valence electrons. The normalized spacial score (nSPS) is 16.2. The zero-order valence-corrected chi connectivity index (χ0v) is 11.8. The smallest absolute Gasteiger partial charge is 0.234 e. The molecule has 0 radical (unpaired) electrons. The topological polar surface area (TPSA) is 61.4 Å². The first kappa shape index (κ1) is 14.5. The number of benzene rings is 1. The lowest BCUT2D eigenvalue weighted by Crippen LogP contribution is -2.41. The van der Waals surface area contributed by atoms with Crippen molar-refractivity contribution in [3.05, 3.63) is 35.9 Å². The highest BCUT2D eigenvalue weighted by atomic mass is 16.2. The fraction of sp³-hybridized carbons (Fsp3) is 0.467. The summed E-state index contributed by atoms with van der Waals surface area (Å²) in [5, 5.41) is 5.82. The molecule has 1 fully saturated rings. The van der Waals surface area contributed by atoms with Gasteiger partial charge in [-0.05, 0) is 19.0 Å². The highest BCUT2D eigenvalue weighted by Crippen LogP contribution is 2.18. The summed E-state index contributed by atoms with van der Waals surface area (Å²) in [5.74, 6) is 0.113. The molecule has 1 atom stereocenters. The molecule has 1 saturated heterocycles. The van der Waals surface area contributed by atoms with E-state index >= 15 is 0 Å². The van der Waals surface area contributed by atoms with Gasteiger partial charge < -0.3 is 15.5 Å². The van der Waals surface area contributed by atoms with Crippen LogP contribution in [-0.2, 0) is 9.59 Å². The van der Waals surface area contributed by atoms with Gasteiger partial charge in [-0.25, -0.2) is 0 Å². The highest BCUT2D eigenvalue weighted by Gasteiger charge is 2.25. The Labute approximate surface area is 119 Å². The van der Waals surface area contributed by atoms with Crippen molar-refractivity contribution in [1.82, 2.24) is 15.5 Å². The van der Waals surface area contributed by atoms with Crippen molar-refractivity contribution >= 4 is 11.8 Å². The fourth-order valence-corrected chi connectivity index (χ4v) is 2.44. The van der Waals surface area contributed by atoms with E-state index in [0.717, 1.165) is 18.5 Å². The van der Waals surface area contributed by atoms with Crippen molar-refractivity contribution < 1.29 is 9.59 Å². The number of carbonyl (C=O) groups excluding carboxylic acids is 2. The molecule has 2 amide bonds. The predicted octanol–water partition coefficient (Wildman–Crippen LogP) is 0.686. The van der Waals surface area contributed by atoms with Gasteiger partial charge in [0.1, 0.15) is 0 Å². The number of amides is 2. The SMILES string of the molecule is CNCC(=O)NC(CN1CCCC1=O)c1ccccc1. The average Bonchev–Trinajstić information content (AvgIpc) is 2.85. The first-order valence-electron chi connectivity index (χ1n) is 6.97. The van der Waals surface area contributed by atoms with Crippen LogP contribution < -0.4 is 10.6 Å². The fourth-order valence-electron chi connectivity index (χ4n) is 2.44. The van der Waals surface area contributed by atoms with Crippen LogP contribution >= 0.6 is 0 Å². The van der Waals surface area contributed by atoms with E-state index < -0.39 is 0 Å². The molecule has 1 aliphatic rings. The molecule has 0 aromatic heterocycles. The molecule has 0 saturated carbocycles. The van der Waals surface area contributed by atoms with Gasteiger partial charge in [0.2, 0.25) is 11.8 Å². The lowest BCUT2D eigenvalue weighted by Gasteiger charge is -2.25. The Morgan fingerprint density at radius 2 is 2.10 bits per heavy atom. The molecular weight excluding hydrogens is 254 g/mol. The molecule has 0 bridgehead atoms. The van der Waals surface area contributed by atoms with Crippen molar-refractivity contribution in [2.75, 3.05) is 26.7 Å². The summed E-state index contributed by atoms with van der Waals surface area (Å²) in [4.78, 5) is 25.4. The van der Waals surface area contributed by atoms with E-state index in [1.807, 2.05) is 35.2 Å². The summed E-state index contributed by atoms with van der Waals surface area (Å²) in [5.41, 5.74) is 1.02. The minimum absolute atomic E-state index is 0.0620. The van der Waals surface area contributed by atoms with Gasteiger partial charge in [-0.15, -0.1) is 0 Å². The van der Waals surface area contributed by atoms with Gasteiger partial charge in [0.15, 0.2) is 0 Å². The molecule has 1 aromatic carbocycles. The number of likely N-dealkylation sites (tertiary alicyclic amines) is 1. The van der Waals surface area contributed by atoms with E-state index in [1.165, 1.54) is 0 Å². The highest BCUT2D eigenvalue weighted by molar-refractivity contribution is 5.79. The van der Waals surface area contributed by atoms with Crippen LogP contribution in [0.4, 0.5) is 0 Å². The summed E-state index contributed by atoms with van der Waals surface area (Å²) in [6, 6.07) is 9.63. The largest absolute Gasteiger partial charge is 0.346 e. The maximum absolute atomic E-state index is 11.8. The van der Waals surface area contributed by atoms with Gasteiger partial charge in [0.25, 0.3) is 0 Å². The predicted molar refractivity (Wildman–Crippen MR) is 77.1 cm³/mol. The third kappa shape index (κ3) is 3.81. The van der Waals surface area contributed by atoms with Crippen molar-refractivity contribution in [2.24, 2.45) is 0 Å². The summed E-state index contributed by atoms with van der Waals surface area (Å²) < 4.78 is 0. The van der Waals surface area contributed by atoms with Crippen molar-refractivity contribution in [3.63, 3.8) is 0 Å². The maximum Gasteiger partial charge on any atom is 0.234 e. The van der Waals surface area contributed by atoms with E-state index in [9.17, 15) is 9.59 Å². The van der Waals surface area contributed by atoms with Crippen LogP contribution in [0.1, 0.15) is 24.4 Å². The van der Waals surface area contributed by atoms with Crippen molar-refractivity contribution in [3.8, 4) is 0 Å². The molecule has 5 heteroatoms. The van der Waals surface area contributed by atoms with Gasteiger partial charge in [-0.3, -0.25) is 9.59 Å². The zero-order chi connectivity index (χ0) is 14.4. The summed E-state index contributed by atoms with van der Waals surface area (Å²) in [7, 11) is 1.74. The Morgan fingerprint density at radius 1 is 1.35 bits per heavy atom. The van der Waals surface area contributed by atoms with E-state index in [2.05, 4.69) is 10.6 Å². The van der Waals surface area contributed by atoms with Crippen molar-refractivity contribution in [2.45, 2.75) is 18.9 Å². The standard InChI is InChI=1S/C15H21N3O2/c1-16-10-14(19)17-13(12-6-3-2-4-7-12)11-18-9-5-8-15(18)20/h2-4,6-7,13,16H,5,8-11H2,1H3,(H,17,19). The lowest BCUT2D eigenvalue weighted by atomic mass is 10.1. The molecule has 1 aliphatic heterocycles. The molecular formula is C15H21N3O2. The van der Waals surface area contributed by atoms with Gasteiger partial charge in [0, 0.05) is 19.5 Å². The molecule has 2 rings (SSSR count). The van der Waals surface area contributed by atoms with Gasteiger partial charge in [-0.2, -0.15) is 0 Å². The van der Waals surface area contributed by atoms with Crippen LogP contribution in [0.3, 0.4) is 0 Å². The molecule has 1 aromatic rings. The van der Waals surface area contributed by atoms with Crippen LogP contribution in [0.2, 0.25) is 0 Å². The number of rotatable bonds is 6. The molecule has 0 spiro atoms. The Bertz CT molecular complexity index is 461. The third-order valence-corrected chi connectivity index (χ3v) is 3.45. The third-order valence-electron chi connectivity index (χ3n) is 3.45. The second-order valence-electron chi connectivity index (χ2n) is 5.00. The van der Waals surface area contributed by atoms with Gasteiger partial charge >= 0.3 is 0 Å². The summed E-state index contributed by atoms with van der Waals surface area (Å²) in [6.07, 6.45) is 1.52. The number of nitrogens with one attached hydrogen (secondary N) is 2. The van der Waals surface area contributed by atoms with Crippen LogP contribution in [0.5, 0.6) is 0 Å². The number of hydrogen-bond acceptors (Lipinski definition) is 3. The number of nitrogens with zero attached hydrogens (tertiary/aromatic N) is 1. The number of likely N-dealkylation sites (N-methyl/N-ethyl adjacent to an activating group) is 1. The Morgan fingerprint density at radius 3 is 2.70 bits per heavy atom. The van der Waals surface area contributed by atoms with Crippen LogP contribution in [0, 0.1) is 0 Å². The van der Waals surface area contributed by atoms with Crippen molar-refractivity contribution in [1.29, 1.82) is 0 Å². The van der Waals surface area contributed by atoms with E-state index in [0.29, 0.717) is 13.0 Å². The Hall–Kier alpha value is -1.88. The average molecular weight is 275 g/mol. The van der Waals surface area contributed by atoms with Crippen LogP contribution in [-0.4, -0.2) is 43.4 Å². The first-order valence-corrected chi connectivity index (χ1v) is 6.97. The molecule has 5 nitrogen and oxygen atoms in total. The second-order valence-corrected chi connectivity index (χ2v) is 5.00. The molecule has 2 N–H and O–H groups in total. The van der Waals surface area contributed by atoms with Gasteiger partial charge in [0.05, 0.1) is 12.6 Å². The number of hydrogen-bond donors (Lipinski definition) is 2. The maximum atomic E-state index is 11.8. The summed E-state index contributed by atoms with van der Waals surface area (Å²) >= 11 is 0. The Kier molecular flexibility index (Phi) is 5.12. The molecule has 1 heterocycles. The van der Waals surface area contributed by atoms with E-state index in [-0.39, 0.29) is 24.4 Å². The molecule has 20 heavy (non-hydrogen) atoms.